The van der Waals surface area contributed by atoms with Gasteiger partial charge in [0.15, 0.2) is 23.0 Å². The second-order valence-electron chi connectivity index (χ2n) is 17.5. The number of hydrogen-bond donors (Lipinski definition) is 0. The molecule has 2 aliphatic rings. The molecule has 59 heavy (non-hydrogen) atoms. The van der Waals surface area contributed by atoms with Crippen LogP contribution in [0.2, 0.25) is 0 Å². The van der Waals surface area contributed by atoms with Crippen molar-refractivity contribution in [1.82, 2.24) is 0 Å². The van der Waals surface area contributed by atoms with E-state index in [1.165, 1.54) is 64.2 Å². The molecule has 4 rings (SSSR count). The van der Waals surface area contributed by atoms with Crippen LogP contribution in [0, 0.1) is 31.1 Å². The van der Waals surface area contributed by atoms with Crippen LogP contribution in [0.1, 0.15) is 192 Å². The van der Waals surface area contributed by atoms with Gasteiger partial charge in [0.05, 0.1) is 21.6 Å². The highest BCUT2D eigenvalue weighted by Gasteiger charge is 2.42. The molecule has 8 nitrogen and oxygen atoms in total. The topological polar surface area (TPSA) is 89.5 Å². The van der Waals surface area contributed by atoms with Crippen LogP contribution in [-0.4, -0.2) is 51.6 Å². The summed E-state index contributed by atoms with van der Waals surface area (Å²) in [7, 11) is 0. The number of thiophene rings is 2. The molecule has 2 unspecified atom stereocenters. The fraction of sp³-hybridized carbons (Fsp3) is 0.796. The molecule has 2 aromatic rings. The molecule has 0 aromatic carbocycles. The lowest BCUT2D eigenvalue weighted by Gasteiger charge is -2.31. The number of unbranched alkanes of at least 4 members (excludes halogenated alkanes) is 16. The summed E-state index contributed by atoms with van der Waals surface area (Å²) in [6.45, 7) is 14.6. The summed E-state index contributed by atoms with van der Waals surface area (Å²) in [5.41, 5.74) is -0.879. The molecule has 0 saturated heterocycles. The Bertz CT molecular complexity index is 1450. The van der Waals surface area contributed by atoms with Gasteiger partial charge in [0.2, 0.25) is 0 Å². The van der Waals surface area contributed by atoms with Crippen LogP contribution < -0.4 is 18.9 Å². The quantitative estimate of drug-likeness (QED) is 0.0547. The van der Waals surface area contributed by atoms with E-state index in [9.17, 15) is 9.59 Å². The van der Waals surface area contributed by atoms with Crippen molar-refractivity contribution < 1.29 is 38.0 Å². The fourth-order valence-corrected chi connectivity index (χ4v) is 10.5. The van der Waals surface area contributed by atoms with Crippen molar-refractivity contribution in [2.45, 2.75) is 196 Å². The van der Waals surface area contributed by atoms with Gasteiger partial charge in [0.1, 0.15) is 45.1 Å². The molecule has 0 fully saturated rings. The Labute approximate surface area is 366 Å². The minimum absolute atomic E-state index is 0.0617. The van der Waals surface area contributed by atoms with E-state index in [1.807, 2.05) is 6.92 Å². The van der Waals surface area contributed by atoms with Crippen molar-refractivity contribution in [3.63, 3.8) is 0 Å². The zero-order chi connectivity index (χ0) is 42.3. The van der Waals surface area contributed by atoms with Crippen LogP contribution in [0.15, 0.2) is 0 Å². The molecule has 2 atom stereocenters. The molecule has 0 aliphatic carbocycles. The zero-order valence-electron chi connectivity index (χ0n) is 38.0. The SMILES string of the molecule is CCCCCCCCC(CCCCCC)C(=O)OCC1(COC(=O)C(CCCCCC)CCCCCCCC)COc2c(C)sc(-c3sc(C)c4c3OCCO4)c2OC1. The van der Waals surface area contributed by atoms with E-state index in [-0.39, 0.29) is 50.2 Å². The molecule has 10 heteroatoms. The zero-order valence-corrected chi connectivity index (χ0v) is 39.6. The van der Waals surface area contributed by atoms with E-state index in [0.29, 0.717) is 24.7 Å². The Balaban J connectivity index is 1.53. The van der Waals surface area contributed by atoms with Gasteiger partial charge in [0.25, 0.3) is 0 Å². The van der Waals surface area contributed by atoms with Gasteiger partial charge >= 0.3 is 11.9 Å². The number of carbonyl (C=O) groups excluding carboxylic acids is 2. The number of carbonyl (C=O) groups is 2. The number of esters is 2. The van der Waals surface area contributed by atoms with Gasteiger partial charge in [-0.2, -0.15) is 0 Å². The van der Waals surface area contributed by atoms with Crippen LogP contribution in [0.3, 0.4) is 0 Å². The highest BCUT2D eigenvalue weighted by molar-refractivity contribution is 7.23. The Morgan fingerprint density at radius 1 is 0.492 bits per heavy atom. The second-order valence-corrected chi connectivity index (χ2v) is 19.9. The van der Waals surface area contributed by atoms with Crippen LogP contribution in [0.25, 0.3) is 9.75 Å². The van der Waals surface area contributed by atoms with Crippen LogP contribution in [-0.2, 0) is 19.1 Å². The van der Waals surface area contributed by atoms with E-state index in [4.69, 9.17) is 28.4 Å². The van der Waals surface area contributed by atoms with E-state index >= 15 is 0 Å². The van der Waals surface area contributed by atoms with Crippen molar-refractivity contribution in [2.24, 2.45) is 17.3 Å². The van der Waals surface area contributed by atoms with Gasteiger partial charge in [-0.25, -0.2) is 0 Å². The van der Waals surface area contributed by atoms with Crippen molar-refractivity contribution in [3.05, 3.63) is 9.75 Å². The normalized spacial score (nSPS) is 17.1. The lowest BCUT2D eigenvalue weighted by Crippen LogP contribution is -2.44. The molecule has 0 amide bonds. The molecule has 0 spiro atoms. The predicted octanol–water partition coefficient (Wildman–Crippen LogP) is 14.4. The summed E-state index contributed by atoms with van der Waals surface area (Å²) in [6.07, 6.45) is 26.7. The van der Waals surface area contributed by atoms with Gasteiger partial charge in [-0.3, -0.25) is 9.59 Å². The van der Waals surface area contributed by atoms with Crippen LogP contribution >= 0.6 is 22.7 Å². The lowest BCUT2D eigenvalue weighted by molar-refractivity contribution is -0.162. The van der Waals surface area contributed by atoms with Crippen molar-refractivity contribution in [3.8, 4) is 32.8 Å². The summed E-state index contributed by atoms with van der Waals surface area (Å²) < 4.78 is 38.3. The molecular weight excluding hydrogens is 781 g/mol. The molecule has 0 radical (unpaired) electrons. The maximum absolute atomic E-state index is 14.0. The molecule has 336 valence electrons. The fourth-order valence-electron chi connectivity index (χ4n) is 8.32. The molecule has 0 saturated carbocycles. The van der Waals surface area contributed by atoms with Crippen LogP contribution in [0.4, 0.5) is 0 Å². The average Bonchev–Trinajstić information content (AvgIpc) is 3.67. The number of ether oxygens (including phenoxy) is 6. The summed E-state index contributed by atoms with van der Waals surface area (Å²) in [6, 6.07) is 0. The Kier molecular flexibility index (Phi) is 22.9. The molecule has 4 heterocycles. The van der Waals surface area contributed by atoms with E-state index < -0.39 is 5.41 Å². The smallest absolute Gasteiger partial charge is 0.308 e. The Morgan fingerprint density at radius 3 is 1.24 bits per heavy atom. The standard InChI is InChI=1S/C49H80O8S2/c1-7-11-15-19-21-25-29-39(27-23-17-13-9-3)47(50)56-35-49(36-57-48(51)40(28-24-18-14-10-4)30-26-22-20-16-12-8-2)33-54-42-38(6)59-46(44(42)55-34-49)45-43-41(37(5)58-45)52-31-32-53-43/h39-40H,7-36H2,1-6H3. The van der Waals surface area contributed by atoms with Gasteiger partial charge in [-0.15, -0.1) is 22.7 Å². The first-order valence-electron chi connectivity index (χ1n) is 23.9. The number of hydrogen-bond acceptors (Lipinski definition) is 10. The monoisotopic (exact) mass is 861 g/mol. The maximum atomic E-state index is 14.0. The largest absolute Gasteiger partial charge is 0.488 e. The minimum Gasteiger partial charge on any atom is -0.488 e. The van der Waals surface area contributed by atoms with Gasteiger partial charge in [0, 0.05) is 9.75 Å². The maximum Gasteiger partial charge on any atom is 0.308 e. The molecule has 2 aliphatic heterocycles. The Hall–Kier alpha value is -2.46. The van der Waals surface area contributed by atoms with Crippen molar-refractivity contribution in [1.29, 1.82) is 0 Å². The predicted molar refractivity (Wildman–Crippen MR) is 244 cm³/mol. The highest BCUT2D eigenvalue weighted by Crippen LogP contribution is 2.57. The van der Waals surface area contributed by atoms with Gasteiger partial charge < -0.3 is 28.4 Å². The third-order valence-corrected chi connectivity index (χ3v) is 14.4. The van der Waals surface area contributed by atoms with E-state index in [2.05, 4.69) is 34.6 Å². The van der Waals surface area contributed by atoms with Crippen LogP contribution in [0.5, 0.6) is 23.0 Å². The molecule has 0 N–H and O–H groups in total. The lowest BCUT2D eigenvalue weighted by atomic mass is 9.91. The van der Waals surface area contributed by atoms with Gasteiger partial charge in [-0.1, -0.05) is 156 Å². The molecular formula is C49H80O8S2. The van der Waals surface area contributed by atoms with E-state index in [0.717, 1.165) is 121 Å². The molecule has 0 bridgehead atoms. The average molecular weight is 861 g/mol. The number of rotatable bonds is 31. The third-order valence-electron chi connectivity index (χ3n) is 12.1. The highest BCUT2D eigenvalue weighted by atomic mass is 32.1. The first-order valence-corrected chi connectivity index (χ1v) is 25.5. The summed E-state index contributed by atoms with van der Waals surface area (Å²) >= 11 is 3.27. The summed E-state index contributed by atoms with van der Waals surface area (Å²) in [5.74, 6) is 2.34. The van der Waals surface area contributed by atoms with Gasteiger partial charge in [-0.05, 0) is 39.5 Å². The molecule has 2 aromatic heterocycles. The summed E-state index contributed by atoms with van der Waals surface area (Å²) in [4.78, 5) is 32.1. The van der Waals surface area contributed by atoms with Crippen molar-refractivity contribution in [2.75, 3.05) is 39.6 Å². The number of aryl methyl sites for hydroxylation is 2. The first-order chi connectivity index (χ1) is 28.8. The minimum atomic E-state index is -0.879. The van der Waals surface area contributed by atoms with E-state index in [1.54, 1.807) is 22.7 Å². The Morgan fingerprint density at radius 2 is 0.814 bits per heavy atom. The first kappa shape index (κ1) is 49.2. The third kappa shape index (κ3) is 15.8. The van der Waals surface area contributed by atoms with Crippen molar-refractivity contribution >= 4 is 34.6 Å². The second kappa shape index (κ2) is 27.5. The summed E-state index contributed by atoms with van der Waals surface area (Å²) in [5, 5.41) is 0. The number of fused-ring (bicyclic) bond motifs is 2.